The Bertz CT molecular complexity index is 933. The molecular weight excluding hydrogens is 296 g/mol. The Morgan fingerprint density at radius 3 is 2.70 bits per heavy atom. The van der Waals surface area contributed by atoms with Gasteiger partial charge in [-0.1, -0.05) is 11.8 Å². The number of nitrogens with zero attached hydrogens (tertiary/aromatic N) is 1. The van der Waals surface area contributed by atoms with Crippen molar-refractivity contribution in [3.63, 3.8) is 0 Å². The summed E-state index contributed by atoms with van der Waals surface area (Å²) in [6, 6.07) is 0. The molecule has 0 aliphatic heterocycles. The number of carboxylic acid groups (broad SMARTS) is 1. The van der Waals surface area contributed by atoms with Crippen molar-refractivity contribution in [1.82, 2.24) is 9.55 Å². The predicted octanol–water partition coefficient (Wildman–Crippen LogP) is 1.39. The second kappa shape index (κ2) is 5.00. The van der Waals surface area contributed by atoms with Crippen LogP contribution in [0.3, 0.4) is 0 Å². The van der Waals surface area contributed by atoms with Gasteiger partial charge in [0.1, 0.15) is 11.1 Å². The van der Waals surface area contributed by atoms with Crippen molar-refractivity contribution in [2.24, 2.45) is 13.0 Å². The molecule has 6 nitrogen and oxygen atoms in total. The van der Waals surface area contributed by atoms with Crippen LogP contribution in [-0.2, 0) is 7.05 Å². The third-order valence-corrected chi connectivity index (χ3v) is 4.35. The summed E-state index contributed by atoms with van der Waals surface area (Å²) in [5, 5.41) is 20.1. The summed E-state index contributed by atoms with van der Waals surface area (Å²) in [6.07, 6.45) is 3.39. The second-order valence-electron chi connectivity index (χ2n) is 6.31. The van der Waals surface area contributed by atoms with Crippen molar-refractivity contribution in [3.8, 4) is 11.8 Å². The van der Waals surface area contributed by atoms with Gasteiger partial charge >= 0.3 is 5.97 Å². The number of aliphatic hydroxyl groups is 1. The number of carboxylic acids is 1. The number of aromatic carboxylic acids is 1. The average molecular weight is 314 g/mol. The van der Waals surface area contributed by atoms with Gasteiger partial charge < -0.3 is 19.8 Å². The summed E-state index contributed by atoms with van der Waals surface area (Å²) in [5.41, 5.74) is -0.309. The van der Waals surface area contributed by atoms with Gasteiger partial charge in [0, 0.05) is 24.3 Å². The van der Waals surface area contributed by atoms with E-state index in [2.05, 4.69) is 16.8 Å². The van der Waals surface area contributed by atoms with E-state index in [1.807, 2.05) is 0 Å². The lowest BCUT2D eigenvalue weighted by Crippen LogP contribution is -2.24. The summed E-state index contributed by atoms with van der Waals surface area (Å²) in [6.45, 7) is 3.28. The van der Waals surface area contributed by atoms with E-state index in [-0.39, 0.29) is 22.6 Å². The van der Waals surface area contributed by atoms with E-state index in [1.54, 1.807) is 20.9 Å². The van der Waals surface area contributed by atoms with E-state index in [1.165, 1.54) is 10.8 Å². The maximum atomic E-state index is 12.2. The summed E-state index contributed by atoms with van der Waals surface area (Å²) in [5.74, 6) is 4.76. The first-order valence-electron chi connectivity index (χ1n) is 7.43. The average Bonchev–Trinajstić information content (AvgIpc) is 3.25. The van der Waals surface area contributed by atoms with E-state index in [0.29, 0.717) is 16.6 Å². The number of carbonyl (C=O) groups is 1. The Morgan fingerprint density at radius 1 is 1.48 bits per heavy atom. The molecule has 0 radical (unpaired) electrons. The van der Waals surface area contributed by atoms with Crippen LogP contribution in [-0.4, -0.2) is 31.3 Å². The molecule has 2 aromatic heterocycles. The quantitative estimate of drug-likeness (QED) is 0.730. The zero-order chi connectivity index (χ0) is 16.9. The van der Waals surface area contributed by atoms with Crippen molar-refractivity contribution in [1.29, 1.82) is 0 Å². The van der Waals surface area contributed by atoms with Gasteiger partial charge in [-0.05, 0) is 32.6 Å². The number of hydrogen-bond acceptors (Lipinski definition) is 3. The van der Waals surface area contributed by atoms with Crippen LogP contribution >= 0.6 is 0 Å². The second-order valence-corrected chi connectivity index (χ2v) is 6.31. The lowest BCUT2D eigenvalue weighted by molar-refractivity contribution is 0.0698. The lowest BCUT2D eigenvalue weighted by atomic mass is 10.00. The molecule has 23 heavy (non-hydrogen) atoms. The highest BCUT2D eigenvalue weighted by Crippen LogP contribution is 2.39. The van der Waals surface area contributed by atoms with Crippen LogP contribution in [0.4, 0.5) is 0 Å². The molecule has 3 rings (SSSR count). The van der Waals surface area contributed by atoms with Crippen LogP contribution in [0.2, 0.25) is 0 Å². The first kappa shape index (κ1) is 15.4. The maximum Gasteiger partial charge on any atom is 0.338 e. The first-order valence-corrected chi connectivity index (χ1v) is 7.43. The van der Waals surface area contributed by atoms with Crippen LogP contribution < -0.4 is 5.56 Å². The van der Waals surface area contributed by atoms with Crippen LogP contribution in [0.15, 0.2) is 11.0 Å². The van der Waals surface area contributed by atoms with Gasteiger partial charge in [0.25, 0.3) is 5.56 Å². The topological polar surface area (TPSA) is 95.3 Å². The summed E-state index contributed by atoms with van der Waals surface area (Å²) >= 11 is 0. The highest BCUT2D eigenvalue weighted by molar-refractivity contribution is 6.06. The number of H-pyrrole nitrogens is 1. The lowest BCUT2D eigenvalue weighted by Gasteiger charge is -2.14. The predicted molar refractivity (Wildman–Crippen MR) is 85.5 cm³/mol. The fourth-order valence-electron chi connectivity index (χ4n) is 2.85. The maximum absolute atomic E-state index is 12.2. The van der Waals surface area contributed by atoms with Gasteiger partial charge in [-0.25, -0.2) is 4.79 Å². The standard InChI is InChI=1S/C17H18N2O4/c1-9-12(16(21)22)13-10(6-7-17(2,23)11-4-5-11)8-19(3)15(20)14(13)18-9/h8,11,18,23H,4-5H2,1-3H3,(H,21,22). The molecule has 1 unspecified atom stereocenters. The minimum atomic E-state index is -1.11. The molecule has 0 saturated heterocycles. The molecule has 1 aliphatic carbocycles. The van der Waals surface area contributed by atoms with E-state index in [9.17, 15) is 19.8 Å². The van der Waals surface area contributed by atoms with Crippen molar-refractivity contribution < 1.29 is 15.0 Å². The molecule has 3 N–H and O–H groups in total. The summed E-state index contributed by atoms with van der Waals surface area (Å²) in [7, 11) is 1.59. The SMILES string of the molecule is Cc1[nH]c2c(=O)n(C)cc(C#CC(C)(O)C3CC3)c2c1C(=O)O. The zero-order valence-electron chi connectivity index (χ0n) is 13.2. The molecular formula is C17H18N2O4. The highest BCUT2D eigenvalue weighted by Gasteiger charge is 2.38. The molecule has 0 aromatic carbocycles. The number of hydrogen-bond donors (Lipinski definition) is 3. The Labute approximate surface area is 132 Å². The molecule has 2 aromatic rings. The van der Waals surface area contributed by atoms with Gasteiger partial charge in [0.15, 0.2) is 0 Å². The minimum absolute atomic E-state index is 0.0491. The fourth-order valence-corrected chi connectivity index (χ4v) is 2.85. The normalized spacial score (nSPS) is 16.7. The Morgan fingerprint density at radius 2 is 2.13 bits per heavy atom. The van der Waals surface area contributed by atoms with E-state index < -0.39 is 11.6 Å². The molecule has 120 valence electrons. The zero-order valence-corrected chi connectivity index (χ0v) is 13.2. The summed E-state index contributed by atoms with van der Waals surface area (Å²) < 4.78 is 1.36. The molecule has 0 bridgehead atoms. The number of aromatic amines is 1. The van der Waals surface area contributed by atoms with Crippen LogP contribution in [0.5, 0.6) is 0 Å². The molecule has 0 spiro atoms. The van der Waals surface area contributed by atoms with E-state index in [0.717, 1.165) is 12.8 Å². The number of aryl methyl sites for hydroxylation is 2. The van der Waals surface area contributed by atoms with Crippen molar-refractivity contribution in [2.75, 3.05) is 0 Å². The monoisotopic (exact) mass is 314 g/mol. The minimum Gasteiger partial charge on any atom is -0.478 e. The fraction of sp³-hybridized carbons (Fsp3) is 0.412. The highest BCUT2D eigenvalue weighted by atomic mass is 16.4. The molecule has 2 heterocycles. The van der Waals surface area contributed by atoms with Crippen molar-refractivity contribution >= 4 is 16.9 Å². The molecule has 1 saturated carbocycles. The Balaban J connectivity index is 2.28. The van der Waals surface area contributed by atoms with Gasteiger partial charge in [0.2, 0.25) is 0 Å². The smallest absolute Gasteiger partial charge is 0.338 e. The van der Waals surface area contributed by atoms with Gasteiger partial charge in [-0.2, -0.15) is 0 Å². The Kier molecular flexibility index (Phi) is 3.34. The largest absolute Gasteiger partial charge is 0.478 e. The number of aromatic nitrogens is 2. The van der Waals surface area contributed by atoms with Crippen LogP contribution in [0.1, 0.15) is 41.4 Å². The van der Waals surface area contributed by atoms with Crippen molar-refractivity contribution in [2.45, 2.75) is 32.3 Å². The first-order chi connectivity index (χ1) is 10.7. The Hall–Kier alpha value is -2.52. The molecule has 1 fully saturated rings. The molecule has 0 amide bonds. The van der Waals surface area contributed by atoms with Gasteiger partial charge in [-0.15, -0.1) is 0 Å². The third-order valence-electron chi connectivity index (χ3n) is 4.35. The molecule has 6 heteroatoms. The van der Waals surface area contributed by atoms with Gasteiger partial charge in [0.05, 0.1) is 11.1 Å². The van der Waals surface area contributed by atoms with Gasteiger partial charge in [-0.3, -0.25) is 4.79 Å². The number of nitrogens with one attached hydrogen (secondary N) is 1. The van der Waals surface area contributed by atoms with E-state index >= 15 is 0 Å². The van der Waals surface area contributed by atoms with Crippen LogP contribution in [0.25, 0.3) is 10.9 Å². The number of fused-ring (bicyclic) bond motifs is 1. The molecule has 1 aliphatic rings. The van der Waals surface area contributed by atoms with E-state index in [4.69, 9.17) is 0 Å². The van der Waals surface area contributed by atoms with Crippen LogP contribution in [0, 0.1) is 24.7 Å². The third kappa shape index (κ3) is 2.53. The molecule has 1 atom stereocenters. The van der Waals surface area contributed by atoms with Crippen molar-refractivity contribution in [3.05, 3.63) is 33.4 Å². The summed E-state index contributed by atoms with van der Waals surface area (Å²) in [4.78, 5) is 26.6. The number of rotatable bonds is 2. The number of pyridine rings is 1.